The number of ether oxygens (including phenoxy) is 2. The summed E-state index contributed by atoms with van der Waals surface area (Å²) in [7, 11) is 0. The number of esters is 2. The fourth-order valence-electron chi connectivity index (χ4n) is 2.86. The molecular formula is C19H19FN4O5. The summed E-state index contributed by atoms with van der Waals surface area (Å²) in [4.78, 5) is 40.4. The molecule has 0 aliphatic carbocycles. The van der Waals surface area contributed by atoms with Crippen molar-refractivity contribution in [2.75, 3.05) is 13.2 Å². The SMILES string of the molecule is CCOC(=O)C1=C(COC(=O)c2cncn2-c2ccc(F)cc2)NC(=O)NC1C. The van der Waals surface area contributed by atoms with Gasteiger partial charge in [0, 0.05) is 5.69 Å². The van der Waals surface area contributed by atoms with Gasteiger partial charge in [0.25, 0.3) is 0 Å². The Morgan fingerprint density at radius 3 is 2.62 bits per heavy atom. The first-order valence-corrected chi connectivity index (χ1v) is 8.83. The van der Waals surface area contributed by atoms with Crippen molar-refractivity contribution in [2.24, 2.45) is 0 Å². The molecule has 2 heterocycles. The number of carbonyl (C=O) groups is 3. The highest BCUT2D eigenvalue weighted by atomic mass is 19.1. The summed E-state index contributed by atoms with van der Waals surface area (Å²) < 4.78 is 24.9. The summed E-state index contributed by atoms with van der Waals surface area (Å²) in [5.74, 6) is -1.76. The minimum Gasteiger partial charge on any atom is -0.463 e. The van der Waals surface area contributed by atoms with Gasteiger partial charge in [0.1, 0.15) is 12.4 Å². The lowest BCUT2D eigenvalue weighted by Gasteiger charge is -2.26. The van der Waals surface area contributed by atoms with Gasteiger partial charge in [-0.3, -0.25) is 4.57 Å². The van der Waals surface area contributed by atoms with E-state index in [-0.39, 0.29) is 30.2 Å². The van der Waals surface area contributed by atoms with Gasteiger partial charge < -0.3 is 20.1 Å². The van der Waals surface area contributed by atoms with Gasteiger partial charge in [-0.1, -0.05) is 0 Å². The molecule has 0 fully saturated rings. The average Bonchev–Trinajstić information content (AvgIpc) is 3.16. The summed E-state index contributed by atoms with van der Waals surface area (Å²) in [5.41, 5.74) is 0.932. The van der Waals surface area contributed by atoms with Gasteiger partial charge in [-0.25, -0.2) is 23.8 Å². The molecule has 1 atom stereocenters. The molecule has 2 aromatic rings. The van der Waals surface area contributed by atoms with Gasteiger partial charge in [0.05, 0.1) is 36.4 Å². The summed E-state index contributed by atoms with van der Waals surface area (Å²) in [6, 6.07) is 4.36. The predicted molar refractivity (Wildman–Crippen MR) is 98.6 cm³/mol. The fourth-order valence-corrected chi connectivity index (χ4v) is 2.86. The zero-order valence-electron chi connectivity index (χ0n) is 15.8. The Labute approximate surface area is 165 Å². The number of imidazole rings is 1. The lowest BCUT2D eigenvalue weighted by Crippen LogP contribution is -2.50. The van der Waals surface area contributed by atoms with Gasteiger partial charge in [-0.15, -0.1) is 0 Å². The maximum atomic E-state index is 13.1. The Morgan fingerprint density at radius 2 is 1.93 bits per heavy atom. The van der Waals surface area contributed by atoms with E-state index in [9.17, 15) is 18.8 Å². The smallest absolute Gasteiger partial charge is 0.357 e. The Bertz CT molecular complexity index is 967. The first-order valence-electron chi connectivity index (χ1n) is 8.83. The van der Waals surface area contributed by atoms with Gasteiger partial charge in [-0.2, -0.15) is 0 Å². The third-order valence-electron chi connectivity index (χ3n) is 4.17. The second-order valence-electron chi connectivity index (χ2n) is 6.13. The van der Waals surface area contributed by atoms with E-state index in [1.165, 1.54) is 41.4 Å². The zero-order valence-corrected chi connectivity index (χ0v) is 15.8. The maximum absolute atomic E-state index is 13.1. The highest BCUT2D eigenvalue weighted by Crippen LogP contribution is 2.17. The van der Waals surface area contributed by atoms with E-state index in [4.69, 9.17) is 9.47 Å². The first-order chi connectivity index (χ1) is 13.9. The van der Waals surface area contributed by atoms with Crippen LogP contribution in [0.15, 0.2) is 48.1 Å². The zero-order chi connectivity index (χ0) is 21.0. The molecule has 0 spiro atoms. The number of nitrogens with one attached hydrogen (secondary N) is 2. The molecule has 3 rings (SSSR count). The van der Waals surface area contributed by atoms with E-state index in [0.717, 1.165) is 0 Å². The summed E-state index contributed by atoms with van der Waals surface area (Å²) in [6.45, 7) is 3.09. The third kappa shape index (κ3) is 4.42. The molecular weight excluding hydrogens is 383 g/mol. The van der Waals surface area contributed by atoms with Crippen molar-refractivity contribution in [2.45, 2.75) is 19.9 Å². The number of halogens is 1. The standard InChI is InChI=1S/C19H19FN4O5/c1-3-28-18(26)16-11(2)22-19(27)23-14(16)9-29-17(25)15-8-21-10-24(15)13-6-4-12(20)5-7-13/h4-8,10-11H,3,9H2,1-2H3,(H2,22,23,27). The van der Waals surface area contributed by atoms with E-state index < -0.39 is 29.8 Å². The van der Waals surface area contributed by atoms with Crippen LogP contribution in [-0.4, -0.2) is 46.8 Å². The summed E-state index contributed by atoms with van der Waals surface area (Å²) >= 11 is 0. The normalized spacial score (nSPS) is 16.1. The molecule has 10 heteroatoms. The van der Waals surface area contributed by atoms with E-state index in [2.05, 4.69) is 15.6 Å². The van der Waals surface area contributed by atoms with Crippen molar-refractivity contribution in [3.05, 3.63) is 59.6 Å². The maximum Gasteiger partial charge on any atom is 0.357 e. The number of aromatic nitrogens is 2. The van der Waals surface area contributed by atoms with Crippen molar-refractivity contribution in [3.63, 3.8) is 0 Å². The quantitative estimate of drug-likeness (QED) is 0.712. The molecule has 0 bridgehead atoms. The van der Waals surface area contributed by atoms with Crippen LogP contribution < -0.4 is 10.6 Å². The van der Waals surface area contributed by atoms with E-state index in [1.54, 1.807) is 13.8 Å². The number of urea groups is 1. The van der Waals surface area contributed by atoms with Crippen molar-refractivity contribution >= 4 is 18.0 Å². The van der Waals surface area contributed by atoms with Crippen molar-refractivity contribution in [3.8, 4) is 5.69 Å². The van der Waals surface area contributed by atoms with Crippen LogP contribution in [0.25, 0.3) is 5.69 Å². The second kappa shape index (κ2) is 8.55. The average molecular weight is 402 g/mol. The van der Waals surface area contributed by atoms with Gasteiger partial charge >= 0.3 is 18.0 Å². The molecule has 2 amide bonds. The highest BCUT2D eigenvalue weighted by Gasteiger charge is 2.30. The van der Waals surface area contributed by atoms with Crippen LogP contribution in [0.3, 0.4) is 0 Å². The van der Waals surface area contributed by atoms with Crippen LogP contribution in [0.2, 0.25) is 0 Å². The molecule has 1 unspecified atom stereocenters. The Kier molecular flexibility index (Phi) is 5.91. The van der Waals surface area contributed by atoms with Gasteiger partial charge in [0.15, 0.2) is 5.69 Å². The second-order valence-corrected chi connectivity index (χ2v) is 6.13. The number of rotatable bonds is 6. The predicted octanol–water partition coefficient (Wildman–Crippen LogP) is 1.69. The monoisotopic (exact) mass is 402 g/mol. The molecule has 9 nitrogen and oxygen atoms in total. The molecule has 29 heavy (non-hydrogen) atoms. The number of benzene rings is 1. The van der Waals surface area contributed by atoms with Crippen LogP contribution in [0.4, 0.5) is 9.18 Å². The minimum atomic E-state index is -0.733. The molecule has 0 radical (unpaired) electrons. The van der Waals surface area contributed by atoms with Gasteiger partial charge in [0.2, 0.25) is 0 Å². The van der Waals surface area contributed by atoms with E-state index in [0.29, 0.717) is 5.69 Å². The largest absolute Gasteiger partial charge is 0.463 e. The molecule has 0 saturated carbocycles. The minimum absolute atomic E-state index is 0.100. The molecule has 152 valence electrons. The Hall–Kier alpha value is -3.69. The first kappa shape index (κ1) is 20.1. The highest BCUT2D eigenvalue weighted by molar-refractivity contribution is 5.95. The van der Waals surface area contributed by atoms with Crippen LogP contribution in [0.1, 0.15) is 24.3 Å². The molecule has 1 aromatic carbocycles. The molecule has 1 aliphatic heterocycles. The summed E-state index contributed by atoms with van der Waals surface area (Å²) in [6.07, 6.45) is 2.69. The lowest BCUT2D eigenvalue weighted by atomic mass is 10.0. The number of hydrogen-bond donors (Lipinski definition) is 2. The lowest BCUT2D eigenvalue weighted by molar-refractivity contribution is -0.139. The molecule has 1 aliphatic rings. The van der Waals surface area contributed by atoms with Crippen LogP contribution in [0.5, 0.6) is 0 Å². The molecule has 2 N–H and O–H groups in total. The summed E-state index contributed by atoms with van der Waals surface area (Å²) in [5, 5.41) is 5.03. The van der Waals surface area contributed by atoms with Crippen molar-refractivity contribution in [1.82, 2.24) is 20.2 Å². The number of hydrogen-bond acceptors (Lipinski definition) is 6. The van der Waals surface area contributed by atoms with E-state index >= 15 is 0 Å². The third-order valence-corrected chi connectivity index (χ3v) is 4.17. The number of amides is 2. The van der Waals surface area contributed by atoms with E-state index in [1.807, 2.05) is 0 Å². The fraction of sp³-hybridized carbons (Fsp3) is 0.263. The van der Waals surface area contributed by atoms with Crippen LogP contribution >= 0.6 is 0 Å². The van der Waals surface area contributed by atoms with Gasteiger partial charge in [-0.05, 0) is 38.1 Å². The Morgan fingerprint density at radius 1 is 1.21 bits per heavy atom. The molecule has 0 saturated heterocycles. The number of nitrogens with zero attached hydrogens (tertiary/aromatic N) is 2. The topological polar surface area (TPSA) is 112 Å². The van der Waals surface area contributed by atoms with Crippen LogP contribution in [-0.2, 0) is 14.3 Å². The molecule has 1 aromatic heterocycles. The number of carbonyl (C=O) groups excluding carboxylic acids is 3. The Balaban J connectivity index is 1.80. The van der Waals surface area contributed by atoms with Crippen LogP contribution in [0, 0.1) is 5.82 Å². The van der Waals surface area contributed by atoms with Crippen molar-refractivity contribution < 1.29 is 28.2 Å². The van der Waals surface area contributed by atoms with Crippen molar-refractivity contribution in [1.29, 1.82) is 0 Å².